The summed E-state index contributed by atoms with van der Waals surface area (Å²) in [5.74, 6) is 0.345. The summed E-state index contributed by atoms with van der Waals surface area (Å²) in [5.41, 5.74) is 0. The Balaban J connectivity index is 2.10. The Hall–Kier alpha value is -1.87. The van der Waals surface area contributed by atoms with Gasteiger partial charge in [0.15, 0.2) is 5.76 Å². The summed E-state index contributed by atoms with van der Waals surface area (Å²) in [6, 6.07) is 13.3. The van der Waals surface area contributed by atoms with E-state index in [1.54, 1.807) is 12.1 Å². The number of carbonyl (C=O) groups is 1. The van der Waals surface area contributed by atoms with Crippen LogP contribution in [0.3, 0.4) is 0 Å². The van der Waals surface area contributed by atoms with E-state index in [9.17, 15) is 4.79 Å². The van der Waals surface area contributed by atoms with Crippen molar-refractivity contribution in [3.8, 4) is 0 Å². The SMILES string of the molecule is O=C(c1ccco1)c1cc2ccccc2s1. The minimum Gasteiger partial charge on any atom is -0.461 e. The highest BCUT2D eigenvalue weighted by atomic mass is 32.1. The Labute approximate surface area is 96.1 Å². The van der Waals surface area contributed by atoms with Gasteiger partial charge in [-0.05, 0) is 29.7 Å². The molecule has 3 aromatic rings. The van der Waals surface area contributed by atoms with Crippen molar-refractivity contribution in [2.24, 2.45) is 0 Å². The van der Waals surface area contributed by atoms with Crippen LogP contribution in [0.25, 0.3) is 10.1 Å². The lowest BCUT2D eigenvalue weighted by atomic mass is 10.2. The van der Waals surface area contributed by atoms with E-state index in [-0.39, 0.29) is 5.78 Å². The first-order valence-electron chi connectivity index (χ1n) is 4.91. The molecule has 0 saturated heterocycles. The van der Waals surface area contributed by atoms with Gasteiger partial charge in [-0.3, -0.25) is 4.79 Å². The molecule has 0 saturated carbocycles. The van der Waals surface area contributed by atoms with Crippen LogP contribution in [0, 0.1) is 0 Å². The lowest BCUT2D eigenvalue weighted by Crippen LogP contribution is -1.95. The van der Waals surface area contributed by atoms with Gasteiger partial charge in [0.05, 0.1) is 11.1 Å². The fourth-order valence-corrected chi connectivity index (χ4v) is 2.63. The molecule has 0 amide bonds. The van der Waals surface area contributed by atoms with Crippen molar-refractivity contribution in [3.05, 3.63) is 59.4 Å². The second-order valence-electron chi connectivity index (χ2n) is 3.45. The standard InChI is InChI=1S/C13H8O2S/c14-13(10-5-3-7-15-10)12-8-9-4-1-2-6-11(9)16-12/h1-8H. The zero-order chi connectivity index (χ0) is 11.0. The van der Waals surface area contributed by atoms with Crippen LogP contribution < -0.4 is 0 Å². The van der Waals surface area contributed by atoms with Crippen LogP contribution in [0.5, 0.6) is 0 Å². The molecule has 0 aliphatic rings. The molecule has 0 spiro atoms. The van der Waals surface area contributed by atoms with Crippen molar-refractivity contribution in [2.45, 2.75) is 0 Å². The van der Waals surface area contributed by atoms with E-state index >= 15 is 0 Å². The van der Waals surface area contributed by atoms with Gasteiger partial charge in [-0.1, -0.05) is 18.2 Å². The van der Waals surface area contributed by atoms with Gasteiger partial charge in [-0.15, -0.1) is 11.3 Å². The van der Waals surface area contributed by atoms with E-state index in [2.05, 4.69) is 0 Å². The average Bonchev–Trinajstić information content (AvgIpc) is 2.97. The summed E-state index contributed by atoms with van der Waals surface area (Å²) in [6.07, 6.45) is 1.51. The second-order valence-corrected chi connectivity index (χ2v) is 4.54. The quantitative estimate of drug-likeness (QED) is 0.626. The zero-order valence-corrected chi connectivity index (χ0v) is 9.16. The van der Waals surface area contributed by atoms with Crippen molar-refractivity contribution in [1.29, 1.82) is 0 Å². The molecular weight excluding hydrogens is 220 g/mol. The van der Waals surface area contributed by atoms with Crippen molar-refractivity contribution in [1.82, 2.24) is 0 Å². The normalized spacial score (nSPS) is 10.8. The molecule has 0 atom stereocenters. The maximum atomic E-state index is 12.0. The Morgan fingerprint density at radius 1 is 1.12 bits per heavy atom. The minimum atomic E-state index is -0.0498. The molecule has 2 nitrogen and oxygen atoms in total. The van der Waals surface area contributed by atoms with Gasteiger partial charge in [0.25, 0.3) is 0 Å². The molecule has 16 heavy (non-hydrogen) atoms. The molecule has 0 radical (unpaired) electrons. The maximum Gasteiger partial charge on any atom is 0.238 e. The van der Waals surface area contributed by atoms with Crippen molar-refractivity contribution in [2.75, 3.05) is 0 Å². The number of hydrogen-bond donors (Lipinski definition) is 0. The van der Waals surface area contributed by atoms with Gasteiger partial charge in [0.1, 0.15) is 0 Å². The van der Waals surface area contributed by atoms with Crippen LogP contribution in [0.2, 0.25) is 0 Å². The number of hydrogen-bond acceptors (Lipinski definition) is 3. The van der Waals surface area contributed by atoms with Gasteiger partial charge in [0.2, 0.25) is 5.78 Å². The maximum absolute atomic E-state index is 12.0. The van der Waals surface area contributed by atoms with Crippen LogP contribution in [0.4, 0.5) is 0 Å². The highest BCUT2D eigenvalue weighted by Crippen LogP contribution is 2.27. The molecule has 3 rings (SSSR count). The Bertz CT molecular complexity index is 602. The van der Waals surface area contributed by atoms with Crippen LogP contribution in [-0.2, 0) is 0 Å². The first-order chi connectivity index (χ1) is 7.84. The Kier molecular flexibility index (Phi) is 2.11. The molecule has 0 unspecified atom stereocenters. The molecule has 2 heterocycles. The number of thiophene rings is 1. The van der Waals surface area contributed by atoms with Gasteiger partial charge < -0.3 is 4.42 Å². The number of fused-ring (bicyclic) bond motifs is 1. The molecule has 3 heteroatoms. The number of benzene rings is 1. The van der Waals surface area contributed by atoms with E-state index in [0.29, 0.717) is 5.76 Å². The third-order valence-electron chi connectivity index (χ3n) is 2.39. The molecule has 2 aromatic heterocycles. The topological polar surface area (TPSA) is 30.2 Å². The molecular formula is C13H8O2S. The lowest BCUT2D eigenvalue weighted by molar-refractivity contribution is 0.101. The van der Waals surface area contributed by atoms with Crippen LogP contribution in [-0.4, -0.2) is 5.78 Å². The summed E-state index contributed by atoms with van der Waals surface area (Å²) in [5, 5.41) is 1.10. The van der Waals surface area contributed by atoms with Crippen LogP contribution in [0.1, 0.15) is 15.4 Å². The van der Waals surface area contributed by atoms with E-state index in [4.69, 9.17) is 4.42 Å². The lowest BCUT2D eigenvalue weighted by Gasteiger charge is -1.89. The molecule has 1 aromatic carbocycles. The summed E-state index contributed by atoms with van der Waals surface area (Å²) in [4.78, 5) is 12.7. The van der Waals surface area contributed by atoms with Crippen molar-refractivity contribution < 1.29 is 9.21 Å². The largest absolute Gasteiger partial charge is 0.461 e. The monoisotopic (exact) mass is 228 g/mol. The Morgan fingerprint density at radius 3 is 2.75 bits per heavy atom. The number of carbonyl (C=O) groups excluding carboxylic acids is 1. The predicted molar refractivity (Wildman–Crippen MR) is 64.0 cm³/mol. The summed E-state index contributed by atoms with van der Waals surface area (Å²) in [7, 11) is 0. The van der Waals surface area contributed by atoms with Crippen molar-refractivity contribution in [3.63, 3.8) is 0 Å². The molecule has 0 N–H and O–H groups in total. The average molecular weight is 228 g/mol. The van der Waals surface area contributed by atoms with Gasteiger partial charge >= 0.3 is 0 Å². The smallest absolute Gasteiger partial charge is 0.238 e. The molecule has 0 bridgehead atoms. The third kappa shape index (κ3) is 1.46. The summed E-state index contributed by atoms with van der Waals surface area (Å²) < 4.78 is 6.23. The fourth-order valence-electron chi connectivity index (χ4n) is 1.62. The third-order valence-corrected chi connectivity index (χ3v) is 3.51. The second kappa shape index (κ2) is 3.61. The minimum absolute atomic E-state index is 0.0498. The highest BCUT2D eigenvalue weighted by molar-refractivity contribution is 7.21. The van der Waals surface area contributed by atoms with E-state index < -0.39 is 0 Å². The van der Waals surface area contributed by atoms with Gasteiger partial charge in [-0.2, -0.15) is 0 Å². The molecule has 0 fully saturated rings. The Morgan fingerprint density at radius 2 is 2.00 bits per heavy atom. The van der Waals surface area contributed by atoms with Crippen LogP contribution in [0.15, 0.2) is 53.1 Å². The first-order valence-corrected chi connectivity index (χ1v) is 5.73. The highest BCUT2D eigenvalue weighted by Gasteiger charge is 2.14. The molecule has 78 valence electrons. The number of furan rings is 1. The molecule has 0 aliphatic heterocycles. The summed E-state index contributed by atoms with van der Waals surface area (Å²) >= 11 is 1.49. The van der Waals surface area contributed by atoms with E-state index in [1.807, 2.05) is 30.3 Å². The molecule has 0 aliphatic carbocycles. The summed E-state index contributed by atoms with van der Waals surface area (Å²) in [6.45, 7) is 0. The number of rotatable bonds is 2. The zero-order valence-electron chi connectivity index (χ0n) is 8.34. The van der Waals surface area contributed by atoms with Crippen LogP contribution >= 0.6 is 11.3 Å². The van der Waals surface area contributed by atoms with Gasteiger partial charge in [-0.25, -0.2) is 0 Å². The van der Waals surface area contributed by atoms with E-state index in [0.717, 1.165) is 15.0 Å². The fraction of sp³-hybridized carbons (Fsp3) is 0. The van der Waals surface area contributed by atoms with Gasteiger partial charge in [0, 0.05) is 4.70 Å². The van der Waals surface area contributed by atoms with E-state index in [1.165, 1.54) is 17.6 Å². The first kappa shape index (κ1) is 9.36. The predicted octanol–water partition coefficient (Wildman–Crippen LogP) is 3.73. The van der Waals surface area contributed by atoms with Crippen molar-refractivity contribution >= 4 is 27.2 Å². The number of ketones is 1.